The van der Waals surface area contributed by atoms with Crippen LogP contribution in [0.5, 0.6) is 5.75 Å². The van der Waals surface area contributed by atoms with E-state index in [1.807, 2.05) is 6.07 Å². The Bertz CT molecular complexity index is 875. The van der Waals surface area contributed by atoms with Crippen molar-refractivity contribution in [2.24, 2.45) is 4.99 Å². The fourth-order valence-corrected chi connectivity index (χ4v) is 2.56. The molecule has 3 rings (SSSR count). The van der Waals surface area contributed by atoms with Gasteiger partial charge in [-0.2, -0.15) is 0 Å². The average Bonchev–Trinajstić information content (AvgIpc) is 2.93. The molecule has 1 amide bonds. The summed E-state index contributed by atoms with van der Waals surface area (Å²) in [6.45, 7) is 0. The lowest BCUT2D eigenvalue weighted by Crippen LogP contribution is -2.24. The number of methoxy groups -OCH3 is 1. The Hall–Kier alpha value is -3.02. The molecule has 0 radical (unpaired) electrons. The van der Waals surface area contributed by atoms with Crippen molar-refractivity contribution < 1.29 is 18.3 Å². The van der Waals surface area contributed by atoms with Crippen LogP contribution in [0.1, 0.15) is 17.5 Å². The topological polar surface area (TPSA) is 50.7 Å². The van der Waals surface area contributed by atoms with Gasteiger partial charge in [-0.25, -0.2) is 13.8 Å². The molecular formula is C19H16F2N2O2. The molecule has 0 unspecified atom stereocenters. The highest BCUT2D eigenvalue weighted by Crippen LogP contribution is 2.23. The number of carbonyl (C=O) groups excluding carboxylic acids is 1. The third-order valence-electron chi connectivity index (χ3n) is 3.77. The number of carbonyl (C=O) groups is 1. The number of aliphatic imine (C=N–C) groups is 1. The Labute approximate surface area is 143 Å². The van der Waals surface area contributed by atoms with Gasteiger partial charge in [0.05, 0.1) is 7.11 Å². The molecule has 2 aromatic carbocycles. The SMILES string of the molecule is COc1ccc(F)cc1/C=C1/N=C(CCc2cccc(F)c2)NC1=O. The highest BCUT2D eigenvalue weighted by molar-refractivity contribution is 6.14. The number of halogens is 2. The van der Waals surface area contributed by atoms with E-state index in [2.05, 4.69) is 10.3 Å². The maximum absolute atomic E-state index is 13.4. The van der Waals surface area contributed by atoms with E-state index < -0.39 is 5.82 Å². The predicted octanol–water partition coefficient (Wildman–Crippen LogP) is 3.48. The van der Waals surface area contributed by atoms with Crippen molar-refractivity contribution in [3.8, 4) is 5.75 Å². The van der Waals surface area contributed by atoms with Crippen molar-refractivity contribution in [3.05, 3.63) is 70.9 Å². The number of nitrogens with one attached hydrogen (secondary N) is 1. The minimum Gasteiger partial charge on any atom is -0.496 e. The number of ether oxygens (including phenoxy) is 1. The molecule has 0 fully saturated rings. The summed E-state index contributed by atoms with van der Waals surface area (Å²) in [5.41, 5.74) is 1.43. The fourth-order valence-electron chi connectivity index (χ4n) is 2.56. The number of amides is 1. The highest BCUT2D eigenvalue weighted by Gasteiger charge is 2.20. The van der Waals surface area contributed by atoms with Crippen LogP contribution < -0.4 is 10.1 Å². The highest BCUT2D eigenvalue weighted by atomic mass is 19.1. The molecule has 0 aliphatic carbocycles. The van der Waals surface area contributed by atoms with E-state index in [0.29, 0.717) is 30.0 Å². The van der Waals surface area contributed by atoms with Gasteiger partial charge in [-0.15, -0.1) is 0 Å². The zero-order valence-corrected chi connectivity index (χ0v) is 13.6. The van der Waals surface area contributed by atoms with E-state index in [1.54, 1.807) is 6.07 Å². The summed E-state index contributed by atoms with van der Waals surface area (Å²) in [4.78, 5) is 16.3. The van der Waals surface area contributed by atoms with Gasteiger partial charge in [0.1, 0.15) is 28.9 Å². The van der Waals surface area contributed by atoms with E-state index in [4.69, 9.17) is 4.74 Å². The van der Waals surface area contributed by atoms with Crippen molar-refractivity contribution in [3.63, 3.8) is 0 Å². The van der Waals surface area contributed by atoms with Gasteiger partial charge in [0.2, 0.25) is 0 Å². The molecule has 4 nitrogen and oxygen atoms in total. The minimum atomic E-state index is -0.429. The van der Waals surface area contributed by atoms with Gasteiger partial charge in [0, 0.05) is 12.0 Å². The maximum atomic E-state index is 13.4. The Balaban J connectivity index is 1.77. The molecule has 128 valence electrons. The van der Waals surface area contributed by atoms with Crippen LogP contribution in [0.4, 0.5) is 8.78 Å². The number of amidine groups is 1. The molecule has 1 aliphatic rings. The lowest BCUT2D eigenvalue weighted by atomic mass is 10.1. The molecule has 0 saturated heterocycles. The monoisotopic (exact) mass is 342 g/mol. The van der Waals surface area contributed by atoms with E-state index in [-0.39, 0.29) is 17.4 Å². The normalized spacial score (nSPS) is 15.2. The summed E-state index contributed by atoms with van der Waals surface area (Å²) in [6.07, 6.45) is 2.49. The quantitative estimate of drug-likeness (QED) is 0.846. The molecule has 2 aromatic rings. The first kappa shape index (κ1) is 16.8. The van der Waals surface area contributed by atoms with Crippen LogP contribution in [-0.4, -0.2) is 18.9 Å². The molecule has 1 aliphatic heterocycles. The number of aryl methyl sites for hydroxylation is 1. The molecule has 25 heavy (non-hydrogen) atoms. The van der Waals surface area contributed by atoms with Gasteiger partial charge in [0.25, 0.3) is 5.91 Å². The first-order valence-electron chi connectivity index (χ1n) is 7.74. The van der Waals surface area contributed by atoms with Crippen LogP contribution in [0.15, 0.2) is 53.2 Å². The zero-order valence-electron chi connectivity index (χ0n) is 13.6. The second-order valence-electron chi connectivity index (χ2n) is 5.56. The molecule has 0 saturated carbocycles. The van der Waals surface area contributed by atoms with Crippen LogP contribution in [0.3, 0.4) is 0 Å². The smallest absolute Gasteiger partial charge is 0.275 e. The predicted molar refractivity (Wildman–Crippen MR) is 91.2 cm³/mol. The number of nitrogens with zero attached hydrogens (tertiary/aromatic N) is 1. The second kappa shape index (κ2) is 7.25. The zero-order chi connectivity index (χ0) is 17.8. The standard InChI is InChI=1S/C19H16F2N2O2/c1-25-17-7-6-15(21)10-13(17)11-16-19(24)23-18(22-16)8-5-12-3-2-4-14(20)9-12/h2-4,6-7,9-11H,5,8H2,1H3,(H,22,23,24)/b16-11+. The summed E-state index contributed by atoms with van der Waals surface area (Å²) in [5.74, 6) is -0.142. The molecule has 1 heterocycles. The largest absolute Gasteiger partial charge is 0.496 e. The van der Waals surface area contributed by atoms with E-state index in [1.165, 1.54) is 43.5 Å². The third-order valence-corrected chi connectivity index (χ3v) is 3.77. The Morgan fingerprint density at radius 2 is 1.92 bits per heavy atom. The van der Waals surface area contributed by atoms with Gasteiger partial charge < -0.3 is 10.1 Å². The second-order valence-corrected chi connectivity index (χ2v) is 5.56. The first-order chi connectivity index (χ1) is 12.0. The van der Waals surface area contributed by atoms with E-state index in [0.717, 1.165) is 5.56 Å². The van der Waals surface area contributed by atoms with Crippen LogP contribution in [-0.2, 0) is 11.2 Å². The van der Waals surface area contributed by atoms with Crippen LogP contribution in [0.2, 0.25) is 0 Å². The summed E-state index contributed by atoms with van der Waals surface area (Å²) in [5, 5.41) is 2.68. The van der Waals surface area contributed by atoms with E-state index in [9.17, 15) is 13.6 Å². The Morgan fingerprint density at radius 1 is 1.12 bits per heavy atom. The summed E-state index contributed by atoms with van der Waals surface area (Å²) >= 11 is 0. The fraction of sp³-hybridized carbons (Fsp3) is 0.158. The molecular weight excluding hydrogens is 326 g/mol. The van der Waals surface area contributed by atoms with Crippen LogP contribution in [0, 0.1) is 11.6 Å². The summed E-state index contributed by atoms with van der Waals surface area (Å²) in [6, 6.07) is 10.3. The van der Waals surface area contributed by atoms with E-state index >= 15 is 0 Å². The third kappa shape index (κ3) is 4.09. The number of hydrogen-bond donors (Lipinski definition) is 1. The van der Waals surface area contributed by atoms with Gasteiger partial charge in [0.15, 0.2) is 0 Å². The average molecular weight is 342 g/mol. The van der Waals surface area contributed by atoms with Crippen molar-refractivity contribution >= 4 is 17.8 Å². The number of benzene rings is 2. The molecule has 0 bridgehead atoms. The minimum absolute atomic E-state index is 0.179. The van der Waals surface area contributed by atoms with Crippen molar-refractivity contribution in [2.75, 3.05) is 7.11 Å². The molecule has 0 atom stereocenters. The van der Waals surface area contributed by atoms with Crippen LogP contribution in [0.25, 0.3) is 6.08 Å². The maximum Gasteiger partial charge on any atom is 0.275 e. The molecule has 0 aromatic heterocycles. The van der Waals surface area contributed by atoms with Gasteiger partial charge >= 0.3 is 0 Å². The molecule has 1 N–H and O–H groups in total. The Morgan fingerprint density at radius 3 is 2.68 bits per heavy atom. The summed E-state index contributed by atoms with van der Waals surface area (Å²) in [7, 11) is 1.47. The van der Waals surface area contributed by atoms with Crippen molar-refractivity contribution in [2.45, 2.75) is 12.8 Å². The molecule has 0 spiro atoms. The lowest BCUT2D eigenvalue weighted by molar-refractivity contribution is -0.115. The van der Waals surface area contributed by atoms with Gasteiger partial charge in [-0.1, -0.05) is 12.1 Å². The first-order valence-corrected chi connectivity index (χ1v) is 7.74. The van der Waals surface area contributed by atoms with Crippen molar-refractivity contribution in [1.29, 1.82) is 0 Å². The number of rotatable bonds is 5. The Kier molecular flexibility index (Phi) is 4.88. The lowest BCUT2D eigenvalue weighted by Gasteiger charge is -2.04. The van der Waals surface area contributed by atoms with Crippen LogP contribution >= 0.6 is 0 Å². The van der Waals surface area contributed by atoms with Gasteiger partial charge in [-0.05, 0) is 48.4 Å². The van der Waals surface area contributed by atoms with Gasteiger partial charge in [-0.3, -0.25) is 4.79 Å². The van der Waals surface area contributed by atoms with Crippen molar-refractivity contribution in [1.82, 2.24) is 5.32 Å². The number of hydrogen-bond acceptors (Lipinski definition) is 3. The molecule has 6 heteroatoms. The summed E-state index contributed by atoms with van der Waals surface area (Å²) < 4.78 is 31.8.